The summed E-state index contributed by atoms with van der Waals surface area (Å²) in [6, 6.07) is 6.29. The summed E-state index contributed by atoms with van der Waals surface area (Å²) < 4.78 is 5.13. The summed E-state index contributed by atoms with van der Waals surface area (Å²) in [6.45, 7) is 8.65. The summed E-state index contributed by atoms with van der Waals surface area (Å²) in [6.07, 6.45) is 5.03. The molecule has 0 aliphatic carbocycles. The fraction of sp³-hybridized carbons (Fsp3) is 0.579. The Morgan fingerprint density at radius 2 is 2.12 bits per heavy atom. The summed E-state index contributed by atoms with van der Waals surface area (Å²) in [5.74, 6) is 0.650. The van der Waals surface area contributed by atoms with Crippen LogP contribution in [0.15, 0.2) is 24.3 Å². The molecule has 1 aromatic carbocycles. The van der Waals surface area contributed by atoms with E-state index < -0.39 is 0 Å². The summed E-state index contributed by atoms with van der Waals surface area (Å²) in [5.41, 5.74) is 1.01. The molecule has 1 atom stereocenters. The van der Waals surface area contributed by atoms with Crippen LogP contribution in [0.1, 0.15) is 25.8 Å². The van der Waals surface area contributed by atoms with Crippen molar-refractivity contribution < 1.29 is 14.9 Å². The zero-order chi connectivity index (χ0) is 17.5. The molecule has 1 unspecified atom stereocenters. The highest BCUT2D eigenvalue weighted by atomic mass is 16.5. The van der Waals surface area contributed by atoms with Gasteiger partial charge in [0.1, 0.15) is 0 Å². The van der Waals surface area contributed by atoms with Crippen molar-refractivity contribution in [3.63, 3.8) is 0 Å². The van der Waals surface area contributed by atoms with Crippen LogP contribution in [-0.4, -0.2) is 72.0 Å². The molecule has 0 amide bonds. The van der Waals surface area contributed by atoms with E-state index >= 15 is 0 Å². The molecule has 5 heteroatoms. The van der Waals surface area contributed by atoms with Crippen molar-refractivity contribution in [2.45, 2.75) is 32.4 Å². The van der Waals surface area contributed by atoms with E-state index in [2.05, 4.69) is 35.8 Å². The van der Waals surface area contributed by atoms with E-state index in [-0.39, 0.29) is 12.4 Å². The highest BCUT2D eigenvalue weighted by Crippen LogP contribution is 2.26. The van der Waals surface area contributed by atoms with Crippen molar-refractivity contribution in [3.8, 4) is 11.5 Å². The summed E-state index contributed by atoms with van der Waals surface area (Å²) >= 11 is 0. The molecule has 1 fully saturated rings. The van der Waals surface area contributed by atoms with Gasteiger partial charge < -0.3 is 14.9 Å². The van der Waals surface area contributed by atoms with Crippen LogP contribution in [0.4, 0.5) is 0 Å². The largest absolute Gasteiger partial charge is 0.504 e. The third kappa shape index (κ3) is 4.97. The number of phenolic OH excluding ortho intramolecular Hbond substituents is 1. The number of benzene rings is 1. The molecule has 1 saturated heterocycles. The van der Waals surface area contributed by atoms with E-state index in [1.165, 1.54) is 0 Å². The average molecular weight is 334 g/mol. The molecule has 134 valence electrons. The SMILES string of the molecule is COc1cc(/C=C/CN2CCN(C(C)C)C(CCO)C2)ccc1O. The minimum atomic E-state index is 0.159. The Kier molecular flexibility index (Phi) is 7.09. The van der Waals surface area contributed by atoms with Crippen molar-refractivity contribution in [2.24, 2.45) is 0 Å². The number of phenols is 1. The Hall–Kier alpha value is -1.56. The normalized spacial score (nSPS) is 20.1. The first-order valence-corrected chi connectivity index (χ1v) is 8.67. The second kappa shape index (κ2) is 9.06. The molecule has 0 saturated carbocycles. The van der Waals surface area contributed by atoms with Crippen LogP contribution < -0.4 is 4.74 Å². The van der Waals surface area contributed by atoms with Crippen molar-refractivity contribution in [1.29, 1.82) is 0 Å². The van der Waals surface area contributed by atoms with Gasteiger partial charge in [0.25, 0.3) is 0 Å². The van der Waals surface area contributed by atoms with E-state index in [1.54, 1.807) is 13.2 Å². The molecule has 0 aromatic heterocycles. The first-order chi connectivity index (χ1) is 11.5. The number of piperazine rings is 1. The number of aliphatic hydroxyl groups excluding tert-OH is 1. The molecule has 1 aliphatic heterocycles. The molecule has 5 nitrogen and oxygen atoms in total. The Bertz CT molecular complexity index is 545. The topological polar surface area (TPSA) is 56.2 Å². The zero-order valence-electron chi connectivity index (χ0n) is 15.0. The van der Waals surface area contributed by atoms with Gasteiger partial charge in [-0.3, -0.25) is 9.80 Å². The maximum atomic E-state index is 9.63. The van der Waals surface area contributed by atoms with Gasteiger partial charge in [-0.2, -0.15) is 0 Å². The van der Waals surface area contributed by atoms with E-state index in [0.717, 1.165) is 38.2 Å². The van der Waals surface area contributed by atoms with E-state index in [0.29, 0.717) is 17.8 Å². The fourth-order valence-corrected chi connectivity index (χ4v) is 3.32. The van der Waals surface area contributed by atoms with Crippen LogP contribution in [-0.2, 0) is 0 Å². The third-order valence-corrected chi connectivity index (χ3v) is 4.62. The van der Waals surface area contributed by atoms with Gasteiger partial charge >= 0.3 is 0 Å². The van der Waals surface area contributed by atoms with Crippen molar-refractivity contribution >= 4 is 6.08 Å². The van der Waals surface area contributed by atoms with Gasteiger partial charge in [-0.25, -0.2) is 0 Å². The van der Waals surface area contributed by atoms with Crippen LogP contribution in [0, 0.1) is 0 Å². The maximum Gasteiger partial charge on any atom is 0.161 e. The molecule has 2 rings (SSSR count). The smallest absolute Gasteiger partial charge is 0.161 e. The monoisotopic (exact) mass is 334 g/mol. The van der Waals surface area contributed by atoms with Gasteiger partial charge in [0.2, 0.25) is 0 Å². The molecular weight excluding hydrogens is 304 g/mol. The minimum Gasteiger partial charge on any atom is -0.504 e. The number of hydrogen-bond donors (Lipinski definition) is 2. The minimum absolute atomic E-state index is 0.159. The molecule has 0 radical (unpaired) electrons. The molecule has 0 bridgehead atoms. The number of aromatic hydroxyl groups is 1. The lowest BCUT2D eigenvalue weighted by Crippen LogP contribution is -2.55. The van der Waals surface area contributed by atoms with Crippen LogP contribution in [0.5, 0.6) is 11.5 Å². The van der Waals surface area contributed by atoms with Gasteiger partial charge in [-0.05, 0) is 38.0 Å². The highest BCUT2D eigenvalue weighted by molar-refractivity contribution is 5.55. The fourth-order valence-electron chi connectivity index (χ4n) is 3.32. The van der Waals surface area contributed by atoms with Crippen LogP contribution in [0.25, 0.3) is 6.08 Å². The van der Waals surface area contributed by atoms with Gasteiger partial charge in [0.05, 0.1) is 7.11 Å². The second-order valence-corrected chi connectivity index (χ2v) is 6.59. The predicted molar refractivity (Wildman–Crippen MR) is 97.5 cm³/mol. The molecular formula is C19H30N2O3. The average Bonchev–Trinajstić information content (AvgIpc) is 2.56. The highest BCUT2D eigenvalue weighted by Gasteiger charge is 2.27. The van der Waals surface area contributed by atoms with Crippen LogP contribution in [0.3, 0.4) is 0 Å². The first kappa shape index (κ1) is 18.8. The van der Waals surface area contributed by atoms with Crippen LogP contribution >= 0.6 is 0 Å². The van der Waals surface area contributed by atoms with Gasteiger partial charge in [-0.15, -0.1) is 0 Å². The van der Waals surface area contributed by atoms with Crippen molar-refractivity contribution in [2.75, 3.05) is 39.9 Å². The van der Waals surface area contributed by atoms with Gasteiger partial charge in [0, 0.05) is 44.9 Å². The molecule has 0 spiro atoms. The lowest BCUT2D eigenvalue weighted by Gasteiger charge is -2.43. The zero-order valence-corrected chi connectivity index (χ0v) is 15.0. The Balaban J connectivity index is 1.92. The summed E-state index contributed by atoms with van der Waals surface area (Å²) in [4.78, 5) is 4.91. The Morgan fingerprint density at radius 3 is 2.79 bits per heavy atom. The second-order valence-electron chi connectivity index (χ2n) is 6.59. The van der Waals surface area contributed by atoms with Crippen LogP contribution in [0.2, 0.25) is 0 Å². The standard InChI is InChI=1S/C19H30N2O3/c1-15(2)21-11-10-20(14-17(21)8-12-22)9-4-5-16-6-7-18(23)19(13-16)24-3/h4-7,13,15,17,22-23H,8-12,14H2,1-3H3/b5-4+. The lowest BCUT2D eigenvalue weighted by atomic mass is 10.1. The van der Waals surface area contributed by atoms with Gasteiger partial charge in [0.15, 0.2) is 11.5 Å². The molecule has 1 aromatic rings. The van der Waals surface area contributed by atoms with Gasteiger partial charge in [-0.1, -0.05) is 18.2 Å². The lowest BCUT2D eigenvalue weighted by molar-refractivity contribution is 0.0435. The number of hydrogen-bond acceptors (Lipinski definition) is 5. The number of methoxy groups -OCH3 is 1. The number of ether oxygens (including phenoxy) is 1. The molecule has 24 heavy (non-hydrogen) atoms. The van der Waals surface area contributed by atoms with E-state index in [9.17, 15) is 10.2 Å². The van der Waals surface area contributed by atoms with E-state index in [4.69, 9.17) is 4.74 Å². The predicted octanol–water partition coefficient (Wildman–Crippen LogP) is 2.19. The molecule has 1 heterocycles. The third-order valence-electron chi connectivity index (χ3n) is 4.62. The molecule has 2 N–H and O–H groups in total. The summed E-state index contributed by atoms with van der Waals surface area (Å²) in [7, 11) is 1.55. The first-order valence-electron chi connectivity index (χ1n) is 8.67. The quantitative estimate of drug-likeness (QED) is 0.800. The van der Waals surface area contributed by atoms with E-state index in [1.807, 2.05) is 12.1 Å². The van der Waals surface area contributed by atoms with Crippen molar-refractivity contribution in [1.82, 2.24) is 9.80 Å². The number of rotatable bonds is 7. The maximum absolute atomic E-state index is 9.63. The number of aliphatic hydroxyl groups is 1. The Morgan fingerprint density at radius 1 is 1.33 bits per heavy atom. The summed E-state index contributed by atoms with van der Waals surface area (Å²) in [5, 5.41) is 18.9. The number of nitrogens with zero attached hydrogens (tertiary/aromatic N) is 2. The molecule has 1 aliphatic rings. The Labute approximate surface area is 145 Å². The van der Waals surface area contributed by atoms with Crippen molar-refractivity contribution in [3.05, 3.63) is 29.8 Å².